The topological polar surface area (TPSA) is 63.2 Å². The van der Waals surface area contributed by atoms with E-state index >= 15 is 0 Å². The number of aryl methyl sites for hydroxylation is 1. The highest BCUT2D eigenvalue weighted by atomic mass is 16.5. The SMILES string of the molecule is COCC1(CNC(=O)CCc2ccccn2)CCCN1. The van der Waals surface area contributed by atoms with E-state index < -0.39 is 0 Å². The van der Waals surface area contributed by atoms with E-state index in [2.05, 4.69) is 15.6 Å². The fourth-order valence-corrected chi connectivity index (χ4v) is 2.61. The van der Waals surface area contributed by atoms with Crippen molar-refractivity contribution >= 4 is 5.91 Å². The van der Waals surface area contributed by atoms with E-state index in [-0.39, 0.29) is 11.4 Å². The van der Waals surface area contributed by atoms with Crippen molar-refractivity contribution < 1.29 is 9.53 Å². The fourth-order valence-electron chi connectivity index (χ4n) is 2.61. The van der Waals surface area contributed by atoms with Crippen LogP contribution >= 0.6 is 0 Å². The van der Waals surface area contributed by atoms with Gasteiger partial charge in [-0.25, -0.2) is 0 Å². The van der Waals surface area contributed by atoms with E-state index in [1.807, 2.05) is 18.2 Å². The van der Waals surface area contributed by atoms with Crippen LogP contribution in [0.3, 0.4) is 0 Å². The molecule has 1 aromatic heterocycles. The summed E-state index contributed by atoms with van der Waals surface area (Å²) in [5, 5.41) is 6.46. The van der Waals surface area contributed by atoms with Crippen LogP contribution in [0.1, 0.15) is 25.0 Å². The Labute approximate surface area is 120 Å². The first-order valence-corrected chi connectivity index (χ1v) is 7.15. The summed E-state index contributed by atoms with van der Waals surface area (Å²) in [5.74, 6) is 0.0693. The molecule has 0 saturated carbocycles. The van der Waals surface area contributed by atoms with Gasteiger partial charge in [-0.2, -0.15) is 0 Å². The Morgan fingerprint density at radius 3 is 3.10 bits per heavy atom. The predicted molar refractivity (Wildman–Crippen MR) is 77.4 cm³/mol. The standard InChI is InChI=1S/C15H23N3O2/c1-20-12-15(8-4-10-18-15)11-17-14(19)7-6-13-5-2-3-9-16-13/h2-3,5,9,18H,4,6-8,10-12H2,1H3,(H,17,19). The number of nitrogens with one attached hydrogen (secondary N) is 2. The van der Waals surface area contributed by atoms with Crippen LogP contribution in [0.2, 0.25) is 0 Å². The van der Waals surface area contributed by atoms with Crippen LogP contribution in [0.15, 0.2) is 24.4 Å². The summed E-state index contributed by atoms with van der Waals surface area (Å²) < 4.78 is 5.27. The number of aromatic nitrogens is 1. The molecule has 1 atom stereocenters. The minimum absolute atomic E-state index is 0.0693. The molecule has 1 fully saturated rings. The number of ether oxygens (including phenoxy) is 1. The smallest absolute Gasteiger partial charge is 0.220 e. The van der Waals surface area contributed by atoms with Crippen LogP contribution in [0.25, 0.3) is 0 Å². The fraction of sp³-hybridized carbons (Fsp3) is 0.600. The van der Waals surface area contributed by atoms with Crippen molar-refractivity contribution in [2.45, 2.75) is 31.2 Å². The van der Waals surface area contributed by atoms with Crippen molar-refractivity contribution in [3.63, 3.8) is 0 Å². The van der Waals surface area contributed by atoms with Gasteiger partial charge in [0.15, 0.2) is 0 Å². The lowest BCUT2D eigenvalue weighted by atomic mass is 9.98. The molecule has 1 aliphatic rings. The summed E-state index contributed by atoms with van der Waals surface area (Å²) in [6.07, 6.45) is 5.08. The molecule has 0 radical (unpaired) electrons. The van der Waals surface area contributed by atoms with Gasteiger partial charge in [0.2, 0.25) is 5.91 Å². The highest BCUT2D eigenvalue weighted by Crippen LogP contribution is 2.18. The monoisotopic (exact) mass is 277 g/mol. The quantitative estimate of drug-likeness (QED) is 0.777. The van der Waals surface area contributed by atoms with Crippen molar-refractivity contribution in [3.05, 3.63) is 30.1 Å². The predicted octanol–water partition coefficient (Wildman–Crippen LogP) is 0.899. The average Bonchev–Trinajstić information content (AvgIpc) is 2.93. The Morgan fingerprint density at radius 2 is 2.45 bits per heavy atom. The second-order valence-electron chi connectivity index (χ2n) is 5.34. The third-order valence-electron chi connectivity index (χ3n) is 3.71. The summed E-state index contributed by atoms with van der Waals surface area (Å²) in [4.78, 5) is 16.1. The first-order valence-electron chi connectivity index (χ1n) is 7.15. The molecule has 2 heterocycles. The average molecular weight is 277 g/mol. The molecule has 1 aliphatic heterocycles. The summed E-state index contributed by atoms with van der Waals surface area (Å²) in [6, 6.07) is 5.76. The van der Waals surface area contributed by atoms with Crippen molar-refractivity contribution in [2.24, 2.45) is 0 Å². The lowest BCUT2D eigenvalue weighted by Crippen LogP contribution is -2.53. The van der Waals surface area contributed by atoms with Gasteiger partial charge in [-0.3, -0.25) is 9.78 Å². The molecule has 1 aromatic rings. The molecule has 20 heavy (non-hydrogen) atoms. The van der Waals surface area contributed by atoms with Gasteiger partial charge in [0.05, 0.1) is 12.1 Å². The molecule has 0 aromatic carbocycles. The van der Waals surface area contributed by atoms with Crippen LogP contribution in [-0.4, -0.2) is 43.2 Å². The Morgan fingerprint density at radius 1 is 1.55 bits per heavy atom. The molecule has 1 amide bonds. The van der Waals surface area contributed by atoms with Gasteiger partial charge >= 0.3 is 0 Å². The van der Waals surface area contributed by atoms with Crippen molar-refractivity contribution in [2.75, 3.05) is 26.8 Å². The maximum atomic E-state index is 11.9. The Balaban J connectivity index is 1.74. The molecule has 5 heteroatoms. The minimum atomic E-state index is -0.0879. The zero-order valence-corrected chi connectivity index (χ0v) is 12.0. The molecule has 2 N–H and O–H groups in total. The van der Waals surface area contributed by atoms with E-state index in [4.69, 9.17) is 4.74 Å². The van der Waals surface area contributed by atoms with E-state index in [1.54, 1.807) is 13.3 Å². The summed E-state index contributed by atoms with van der Waals surface area (Å²) in [5.41, 5.74) is 0.864. The van der Waals surface area contributed by atoms with Gasteiger partial charge < -0.3 is 15.4 Å². The molecule has 110 valence electrons. The van der Waals surface area contributed by atoms with Crippen LogP contribution in [-0.2, 0) is 16.0 Å². The number of carbonyl (C=O) groups excluding carboxylic acids is 1. The molecule has 2 rings (SSSR count). The van der Waals surface area contributed by atoms with E-state index in [1.165, 1.54) is 0 Å². The summed E-state index contributed by atoms with van der Waals surface area (Å²) in [6.45, 7) is 2.25. The van der Waals surface area contributed by atoms with Crippen molar-refractivity contribution in [1.29, 1.82) is 0 Å². The van der Waals surface area contributed by atoms with Gasteiger partial charge in [-0.1, -0.05) is 6.07 Å². The lowest BCUT2D eigenvalue weighted by Gasteiger charge is -2.28. The van der Waals surface area contributed by atoms with Crippen LogP contribution in [0, 0.1) is 0 Å². The maximum Gasteiger partial charge on any atom is 0.220 e. The molecule has 0 aliphatic carbocycles. The highest BCUT2D eigenvalue weighted by molar-refractivity contribution is 5.76. The normalized spacial score (nSPS) is 21.9. The Hall–Kier alpha value is -1.46. The first kappa shape index (κ1) is 14.9. The zero-order chi connectivity index (χ0) is 14.3. The van der Waals surface area contributed by atoms with E-state index in [9.17, 15) is 4.79 Å². The molecular formula is C15H23N3O2. The van der Waals surface area contributed by atoms with E-state index in [0.29, 0.717) is 26.0 Å². The number of carbonyl (C=O) groups is 1. The maximum absolute atomic E-state index is 11.9. The van der Waals surface area contributed by atoms with E-state index in [0.717, 1.165) is 25.1 Å². The number of pyridine rings is 1. The minimum Gasteiger partial charge on any atom is -0.383 e. The third kappa shape index (κ3) is 4.28. The Kier molecular flexibility index (Phi) is 5.49. The number of methoxy groups -OCH3 is 1. The van der Waals surface area contributed by atoms with Crippen LogP contribution in [0.5, 0.6) is 0 Å². The first-order chi connectivity index (χ1) is 9.74. The lowest BCUT2D eigenvalue weighted by molar-refractivity contribution is -0.121. The number of hydrogen-bond acceptors (Lipinski definition) is 4. The second-order valence-corrected chi connectivity index (χ2v) is 5.34. The number of amides is 1. The van der Waals surface area contributed by atoms with Gasteiger partial charge in [-0.15, -0.1) is 0 Å². The number of nitrogens with zero attached hydrogens (tertiary/aromatic N) is 1. The third-order valence-corrected chi connectivity index (χ3v) is 3.71. The number of hydrogen-bond donors (Lipinski definition) is 2. The Bertz CT molecular complexity index is 416. The molecule has 1 unspecified atom stereocenters. The van der Waals surface area contributed by atoms with Crippen molar-refractivity contribution in [3.8, 4) is 0 Å². The van der Waals surface area contributed by atoms with Gasteiger partial charge in [0.1, 0.15) is 0 Å². The second kappa shape index (κ2) is 7.36. The van der Waals surface area contributed by atoms with Gasteiger partial charge in [0, 0.05) is 32.0 Å². The van der Waals surface area contributed by atoms with Gasteiger partial charge in [-0.05, 0) is 37.9 Å². The summed E-state index contributed by atoms with van der Waals surface area (Å²) >= 11 is 0. The number of rotatable bonds is 7. The highest BCUT2D eigenvalue weighted by Gasteiger charge is 2.33. The van der Waals surface area contributed by atoms with Crippen LogP contribution < -0.4 is 10.6 Å². The molecular weight excluding hydrogens is 254 g/mol. The summed E-state index contributed by atoms with van der Waals surface area (Å²) in [7, 11) is 1.70. The molecule has 1 saturated heterocycles. The van der Waals surface area contributed by atoms with Gasteiger partial charge in [0.25, 0.3) is 0 Å². The zero-order valence-electron chi connectivity index (χ0n) is 12.0. The molecule has 5 nitrogen and oxygen atoms in total. The van der Waals surface area contributed by atoms with Crippen molar-refractivity contribution in [1.82, 2.24) is 15.6 Å². The largest absolute Gasteiger partial charge is 0.383 e. The molecule has 0 bridgehead atoms. The van der Waals surface area contributed by atoms with Crippen LogP contribution in [0.4, 0.5) is 0 Å². The molecule has 0 spiro atoms.